The quantitative estimate of drug-likeness (QED) is 0.380. The molecular weight excluding hydrogens is 270 g/mol. The van der Waals surface area contributed by atoms with E-state index in [9.17, 15) is 9.59 Å². The van der Waals surface area contributed by atoms with Crippen LogP contribution < -0.4 is 5.69 Å². The summed E-state index contributed by atoms with van der Waals surface area (Å²) in [4.78, 5) is 28.2. The molecule has 0 aliphatic heterocycles. The summed E-state index contributed by atoms with van der Waals surface area (Å²) in [5, 5.41) is 9.05. The molecule has 0 saturated heterocycles. The maximum atomic E-state index is 11.7. The van der Waals surface area contributed by atoms with Gasteiger partial charge in [-0.2, -0.15) is 5.26 Å². The number of fused-ring (bicyclic) bond motifs is 1. The third-order valence-corrected chi connectivity index (χ3v) is 2.92. The molecule has 6 nitrogen and oxygen atoms in total. The molecule has 0 saturated carbocycles. The van der Waals surface area contributed by atoms with Crippen LogP contribution in [0, 0.1) is 11.3 Å². The molecule has 0 aliphatic rings. The fourth-order valence-corrected chi connectivity index (χ4v) is 1.83. The number of ether oxygens (including phenoxy) is 1. The number of nitrogens with zero attached hydrogens (tertiary/aromatic N) is 1. The van der Waals surface area contributed by atoms with Crippen LogP contribution in [0.15, 0.2) is 28.6 Å². The maximum absolute atomic E-state index is 11.7. The van der Waals surface area contributed by atoms with Gasteiger partial charge in [0.05, 0.1) is 17.6 Å². The van der Waals surface area contributed by atoms with E-state index in [1.54, 1.807) is 18.2 Å². The zero-order chi connectivity index (χ0) is 15.2. The molecule has 2 rings (SSSR count). The molecule has 0 spiro atoms. The van der Waals surface area contributed by atoms with Crippen molar-refractivity contribution >= 4 is 23.1 Å². The number of H-pyrrole nitrogens is 2. The molecular formula is C15H15N3O3. The van der Waals surface area contributed by atoms with Gasteiger partial charge in [0.15, 0.2) is 0 Å². The van der Waals surface area contributed by atoms with Gasteiger partial charge >= 0.3 is 11.7 Å². The Labute approximate surface area is 121 Å². The van der Waals surface area contributed by atoms with Crippen LogP contribution in [0.3, 0.4) is 0 Å². The largest absolute Gasteiger partial charge is 0.462 e. The normalized spacial score (nSPS) is 11.3. The Morgan fingerprint density at radius 3 is 2.86 bits per heavy atom. The summed E-state index contributed by atoms with van der Waals surface area (Å²) in [5.41, 5.74) is 1.56. The molecule has 21 heavy (non-hydrogen) atoms. The van der Waals surface area contributed by atoms with E-state index in [0.29, 0.717) is 23.2 Å². The number of aromatic amines is 2. The predicted octanol–water partition coefficient (Wildman–Crippen LogP) is 2.11. The third-order valence-electron chi connectivity index (χ3n) is 2.92. The van der Waals surface area contributed by atoms with E-state index >= 15 is 0 Å². The second-order valence-electron chi connectivity index (χ2n) is 4.54. The number of hydrogen-bond acceptors (Lipinski definition) is 4. The lowest BCUT2D eigenvalue weighted by atomic mass is 10.1. The highest BCUT2D eigenvalue weighted by Crippen LogP contribution is 2.14. The van der Waals surface area contributed by atoms with Crippen LogP contribution in [0.1, 0.15) is 25.3 Å². The summed E-state index contributed by atoms with van der Waals surface area (Å²) in [5.74, 6) is -0.631. The lowest BCUT2D eigenvalue weighted by Crippen LogP contribution is -2.07. The lowest BCUT2D eigenvalue weighted by molar-refractivity contribution is -0.138. The van der Waals surface area contributed by atoms with Crippen molar-refractivity contribution in [1.29, 1.82) is 5.26 Å². The molecule has 1 aromatic carbocycles. The van der Waals surface area contributed by atoms with Crippen LogP contribution in [-0.2, 0) is 9.53 Å². The molecule has 1 aromatic heterocycles. The summed E-state index contributed by atoms with van der Waals surface area (Å²) in [6.07, 6.45) is 3.12. The van der Waals surface area contributed by atoms with Gasteiger partial charge in [-0.25, -0.2) is 9.59 Å². The Bertz CT molecular complexity index is 777. The van der Waals surface area contributed by atoms with Gasteiger partial charge < -0.3 is 14.7 Å². The summed E-state index contributed by atoms with van der Waals surface area (Å²) < 4.78 is 5.01. The monoisotopic (exact) mass is 285 g/mol. The summed E-state index contributed by atoms with van der Waals surface area (Å²) in [6, 6.07) is 6.94. The van der Waals surface area contributed by atoms with Crippen LogP contribution in [-0.4, -0.2) is 22.5 Å². The Hall–Kier alpha value is -2.81. The van der Waals surface area contributed by atoms with Crippen molar-refractivity contribution in [3.8, 4) is 6.07 Å². The van der Waals surface area contributed by atoms with Gasteiger partial charge in [0.25, 0.3) is 0 Å². The molecule has 0 fully saturated rings. The van der Waals surface area contributed by atoms with Crippen molar-refractivity contribution in [3.05, 3.63) is 39.8 Å². The number of rotatable bonds is 5. The van der Waals surface area contributed by atoms with Gasteiger partial charge in [-0.15, -0.1) is 0 Å². The van der Waals surface area contributed by atoms with Crippen LogP contribution in [0.2, 0.25) is 0 Å². The van der Waals surface area contributed by atoms with E-state index < -0.39 is 5.97 Å². The highest BCUT2D eigenvalue weighted by Gasteiger charge is 2.10. The fourth-order valence-electron chi connectivity index (χ4n) is 1.83. The standard InChI is InChI=1S/C15H15N3O3/c1-2-3-6-21-14(19)11(9-16)7-10-4-5-12-13(8-10)18-15(20)17-12/h4-5,7-8H,2-3,6H2,1H3,(H2,17,18,20)/b11-7+. The van der Waals surface area contributed by atoms with Gasteiger partial charge in [0.1, 0.15) is 11.6 Å². The molecule has 0 aliphatic carbocycles. The highest BCUT2D eigenvalue weighted by molar-refractivity contribution is 5.98. The van der Waals surface area contributed by atoms with E-state index in [1.807, 2.05) is 13.0 Å². The first-order valence-electron chi connectivity index (χ1n) is 6.65. The maximum Gasteiger partial charge on any atom is 0.348 e. The van der Waals surface area contributed by atoms with Crippen LogP contribution >= 0.6 is 0 Å². The van der Waals surface area contributed by atoms with E-state index in [-0.39, 0.29) is 11.3 Å². The molecule has 0 unspecified atom stereocenters. The van der Waals surface area contributed by atoms with E-state index in [4.69, 9.17) is 10.00 Å². The van der Waals surface area contributed by atoms with E-state index in [0.717, 1.165) is 12.8 Å². The molecule has 6 heteroatoms. The second-order valence-corrected chi connectivity index (χ2v) is 4.54. The molecule has 0 radical (unpaired) electrons. The van der Waals surface area contributed by atoms with Gasteiger partial charge in [-0.3, -0.25) is 0 Å². The number of carbonyl (C=O) groups is 1. The first kappa shape index (κ1) is 14.6. The number of carbonyl (C=O) groups excluding carboxylic acids is 1. The van der Waals surface area contributed by atoms with Gasteiger partial charge in [-0.05, 0) is 30.2 Å². The Morgan fingerprint density at radius 1 is 1.38 bits per heavy atom. The zero-order valence-corrected chi connectivity index (χ0v) is 11.6. The minimum atomic E-state index is -0.631. The fraction of sp³-hybridized carbons (Fsp3) is 0.267. The van der Waals surface area contributed by atoms with Crippen molar-refractivity contribution in [1.82, 2.24) is 9.97 Å². The first-order valence-corrected chi connectivity index (χ1v) is 6.65. The summed E-state index contributed by atoms with van der Waals surface area (Å²) in [7, 11) is 0. The number of esters is 1. The number of nitriles is 1. The van der Waals surface area contributed by atoms with Gasteiger partial charge in [-0.1, -0.05) is 19.4 Å². The molecule has 2 N–H and O–H groups in total. The average molecular weight is 285 g/mol. The molecule has 0 bridgehead atoms. The summed E-state index contributed by atoms with van der Waals surface area (Å²) in [6.45, 7) is 2.29. The van der Waals surface area contributed by atoms with Crippen LogP contribution in [0.5, 0.6) is 0 Å². The minimum absolute atomic E-state index is 0.0664. The van der Waals surface area contributed by atoms with Crippen LogP contribution in [0.25, 0.3) is 17.1 Å². The number of benzene rings is 1. The Balaban J connectivity index is 2.23. The van der Waals surface area contributed by atoms with Gasteiger partial charge in [0, 0.05) is 0 Å². The number of hydrogen-bond donors (Lipinski definition) is 2. The van der Waals surface area contributed by atoms with Crippen molar-refractivity contribution < 1.29 is 9.53 Å². The van der Waals surface area contributed by atoms with Crippen molar-refractivity contribution in [2.75, 3.05) is 6.61 Å². The number of unbranched alkanes of at least 4 members (excludes halogenated alkanes) is 1. The van der Waals surface area contributed by atoms with Crippen molar-refractivity contribution in [2.24, 2.45) is 0 Å². The van der Waals surface area contributed by atoms with E-state index in [2.05, 4.69) is 9.97 Å². The first-order chi connectivity index (χ1) is 10.1. The van der Waals surface area contributed by atoms with Crippen LogP contribution in [0.4, 0.5) is 0 Å². The SMILES string of the molecule is CCCCOC(=O)/C(C#N)=C/c1ccc2[nH]c(=O)[nH]c2c1. The molecule has 0 amide bonds. The number of imidazole rings is 1. The molecule has 2 aromatic rings. The van der Waals surface area contributed by atoms with Gasteiger partial charge in [0.2, 0.25) is 0 Å². The molecule has 0 atom stereocenters. The molecule has 108 valence electrons. The topological polar surface area (TPSA) is 98.7 Å². The number of nitrogens with one attached hydrogen (secondary N) is 2. The average Bonchev–Trinajstić information content (AvgIpc) is 2.84. The highest BCUT2D eigenvalue weighted by atomic mass is 16.5. The van der Waals surface area contributed by atoms with E-state index in [1.165, 1.54) is 6.08 Å². The minimum Gasteiger partial charge on any atom is -0.462 e. The molecule has 1 heterocycles. The second kappa shape index (κ2) is 6.57. The smallest absolute Gasteiger partial charge is 0.348 e. The Kier molecular flexibility index (Phi) is 4.57. The predicted molar refractivity (Wildman–Crippen MR) is 78.4 cm³/mol. The van der Waals surface area contributed by atoms with Crippen molar-refractivity contribution in [2.45, 2.75) is 19.8 Å². The third kappa shape index (κ3) is 3.60. The number of aromatic nitrogens is 2. The lowest BCUT2D eigenvalue weighted by Gasteiger charge is -2.02. The summed E-state index contributed by atoms with van der Waals surface area (Å²) >= 11 is 0. The van der Waals surface area contributed by atoms with Crippen molar-refractivity contribution in [3.63, 3.8) is 0 Å². The zero-order valence-electron chi connectivity index (χ0n) is 11.6. The Morgan fingerprint density at radius 2 is 2.14 bits per heavy atom.